The van der Waals surface area contributed by atoms with Crippen molar-refractivity contribution >= 4 is 11.3 Å². The maximum absolute atomic E-state index is 8.63. The van der Waals surface area contributed by atoms with Crippen LogP contribution in [0.4, 0.5) is 0 Å². The number of hydrogen-bond donors (Lipinski definition) is 1. The fourth-order valence-electron chi connectivity index (χ4n) is 0.561. The molecular formula is C6H7N3OS. The predicted octanol–water partition coefficient (Wildman–Crippen LogP) is 0.657. The van der Waals surface area contributed by atoms with Gasteiger partial charge >= 0.3 is 0 Å². The Morgan fingerprint density at radius 1 is 1.73 bits per heavy atom. The Morgan fingerprint density at radius 2 is 2.45 bits per heavy atom. The zero-order valence-corrected chi connectivity index (χ0v) is 6.80. The molecule has 1 aromatic heterocycles. The molecule has 0 saturated heterocycles. The molecule has 0 spiro atoms. The molecule has 0 aromatic carbocycles. The third-order valence-electron chi connectivity index (χ3n) is 1.18. The zero-order valence-electron chi connectivity index (χ0n) is 5.98. The van der Waals surface area contributed by atoms with Crippen molar-refractivity contribution in [1.82, 2.24) is 10.2 Å². The summed E-state index contributed by atoms with van der Waals surface area (Å²) >= 11 is 1.27. The Labute approximate surface area is 68.1 Å². The summed E-state index contributed by atoms with van der Waals surface area (Å²) < 4.78 is 0. The van der Waals surface area contributed by atoms with Gasteiger partial charge in [0.25, 0.3) is 0 Å². The zero-order chi connectivity index (χ0) is 8.27. The second-order valence-corrected chi connectivity index (χ2v) is 3.14. The van der Waals surface area contributed by atoms with Crippen molar-refractivity contribution in [3.05, 3.63) is 10.0 Å². The molecule has 0 saturated carbocycles. The highest BCUT2D eigenvalue weighted by Gasteiger charge is 2.09. The quantitative estimate of drug-likeness (QED) is 0.706. The van der Waals surface area contributed by atoms with Crippen LogP contribution < -0.4 is 0 Å². The first-order valence-electron chi connectivity index (χ1n) is 3.10. The van der Waals surface area contributed by atoms with Gasteiger partial charge in [0.05, 0.1) is 18.6 Å². The average Bonchev–Trinajstić information content (AvgIpc) is 2.50. The number of hydrogen-bond acceptors (Lipinski definition) is 5. The molecule has 58 valence electrons. The van der Waals surface area contributed by atoms with Gasteiger partial charge in [0.2, 0.25) is 0 Å². The summed E-state index contributed by atoms with van der Waals surface area (Å²) in [5, 5.41) is 25.8. The third kappa shape index (κ3) is 1.73. The van der Waals surface area contributed by atoms with E-state index < -0.39 is 0 Å². The van der Waals surface area contributed by atoms with Gasteiger partial charge in [-0.3, -0.25) is 0 Å². The van der Waals surface area contributed by atoms with E-state index in [4.69, 9.17) is 10.4 Å². The van der Waals surface area contributed by atoms with Gasteiger partial charge in [0.15, 0.2) is 0 Å². The molecule has 0 unspecified atom stereocenters. The first kappa shape index (κ1) is 8.11. The molecule has 0 radical (unpaired) electrons. The molecule has 0 aliphatic carbocycles. The molecule has 0 aliphatic rings. The maximum atomic E-state index is 8.63. The second-order valence-electron chi connectivity index (χ2n) is 2.04. The van der Waals surface area contributed by atoms with Crippen LogP contribution in [0.15, 0.2) is 0 Å². The molecule has 0 aliphatic heterocycles. The Morgan fingerprint density at radius 3 is 2.91 bits per heavy atom. The van der Waals surface area contributed by atoms with Crippen molar-refractivity contribution < 1.29 is 5.11 Å². The van der Waals surface area contributed by atoms with Crippen molar-refractivity contribution in [3.8, 4) is 6.07 Å². The molecule has 11 heavy (non-hydrogen) atoms. The lowest BCUT2D eigenvalue weighted by molar-refractivity contribution is 0.280. The summed E-state index contributed by atoms with van der Waals surface area (Å²) in [6.07, 6.45) is 0. The minimum Gasteiger partial charge on any atom is -0.389 e. The smallest absolute Gasteiger partial charge is 0.143 e. The van der Waals surface area contributed by atoms with E-state index in [1.54, 1.807) is 6.92 Å². The van der Waals surface area contributed by atoms with E-state index in [9.17, 15) is 0 Å². The van der Waals surface area contributed by atoms with Crippen LogP contribution in [0, 0.1) is 11.3 Å². The topological polar surface area (TPSA) is 69.8 Å². The maximum Gasteiger partial charge on any atom is 0.143 e. The van der Waals surface area contributed by atoms with Crippen LogP contribution in [-0.2, 0) is 6.61 Å². The van der Waals surface area contributed by atoms with Crippen LogP contribution in [-0.4, -0.2) is 15.3 Å². The molecule has 0 bridgehead atoms. The first-order valence-corrected chi connectivity index (χ1v) is 3.92. The molecule has 1 aromatic rings. The first-order chi connectivity index (χ1) is 5.27. The Kier molecular flexibility index (Phi) is 2.52. The minimum absolute atomic E-state index is 0.101. The number of aromatic nitrogens is 2. The fraction of sp³-hybridized carbons (Fsp3) is 0.500. The molecule has 0 amide bonds. The molecule has 1 atom stereocenters. The molecule has 1 rings (SSSR count). The molecule has 0 fully saturated rings. The normalized spacial score (nSPS) is 12.5. The molecule has 5 heteroatoms. The van der Waals surface area contributed by atoms with Crippen molar-refractivity contribution in [3.63, 3.8) is 0 Å². The van der Waals surface area contributed by atoms with Gasteiger partial charge in [0.1, 0.15) is 10.0 Å². The summed E-state index contributed by atoms with van der Waals surface area (Å²) in [6, 6.07) is 2.04. The van der Waals surface area contributed by atoms with Crippen LogP contribution in [0.1, 0.15) is 22.9 Å². The lowest BCUT2D eigenvalue weighted by Crippen LogP contribution is -1.86. The standard InChI is InChI=1S/C6H7N3OS/c1-4(2-7)6-9-8-5(3-10)11-6/h4,10H,3H2,1H3/t4-/m1/s1. The van der Waals surface area contributed by atoms with Crippen molar-refractivity contribution in [2.24, 2.45) is 0 Å². The average molecular weight is 169 g/mol. The van der Waals surface area contributed by atoms with Crippen LogP contribution in [0.3, 0.4) is 0 Å². The third-order valence-corrected chi connectivity index (χ3v) is 2.27. The van der Waals surface area contributed by atoms with Crippen LogP contribution >= 0.6 is 11.3 Å². The number of nitrogens with zero attached hydrogens (tertiary/aromatic N) is 3. The number of aliphatic hydroxyl groups excluding tert-OH is 1. The van der Waals surface area contributed by atoms with Crippen LogP contribution in [0.25, 0.3) is 0 Å². The Bertz CT molecular complexity index is 278. The number of nitriles is 1. The second kappa shape index (κ2) is 3.42. The van der Waals surface area contributed by atoms with E-state index in [1.165, 1.54) is 11.3 Å². The van der Waals surface area contributed by atoms with E-state index in [0.29, 0.717) is 10.0 Å². The lowest BCUT2D eigenvalue weighted by Gasteiger charge is -1.89. The van der Waals surface area contributed by atoms with Crippen molar-refractivity contribution in [1.29, 1.82) is 5.26 Å². The van der Waals surface area contributed by atoms with E-state index in [1.807, 2.05) is 6.07 Å². The molecular weight excluding hydrogens is 162 g/mol. The van der Waals surface area contributed by atoms with Gasteiger partial charge in [-0.2, -0.15) is 5.26 Å². The van der Waals surface area contributed by atoms with Gasteiger partial charge in [-0.1, -0.05) is 11.3 Å². The monoisotopic (exact) mass is 169 g/mol. The van der Waals surface area contributed by atoms with Crippen LogP contribution in [0.2, 0.25) is 0 Å². The van der Waals surface area contributed by atoms with Gasteiger partial charge in [-0.25, -0.2) is 0 Å². The Hall–Kier alpha value is -0.990. The highest BCUT2D eigenvalue weighted by molar-refractivity contribution is 7.11. The fourth-order valence-corrected chi connectivity index (χ4v) is 1.26. The van der Waals surface area contributed by atoms with E-state index in [2.05, 4.69) is 10.2 Å². The lowest BCUT2D eigenvalue weighted by atomic mass is 10.2. The van der Waals surface area contributed by atoms with Gasteiger partial charge in [-0.05, 0) is 6.92 Å². The van der Waals surface area contributed by atoms with E-state index in [-0.39, 0.29) is 12.5 Å². The van der Waals surface area contributed by atoms with Crippen molar-refractivity contribution in [2.75, 3.05) is 0 Å². The molecule has 1 heterocycles. The predicted molar refractivity (Wildman–Crippen MR) is 39.9 cm³/mol. The van der Waals surface area contributed by atoms with Crippen molar-refractivity contribution in [2.45, 2.75) is 19.4 Å². The number of aliphatic hydroxyl groups is 1. The summed E-state index contributed by atoms with van der Waals surface area (Å²) in [5.41, 5.74) is 0. The minimum atomic E-state index is -0.229. The number of rotatable bonds is 2. The van der Waals surface area contributed by atoms with E-state index >= 15 is 0 Å². The van der Waals surface area contributed by atoms with Gasteiger partial charge < -0.3 is 5.11 Å². The molecule has 4 nitrogen and oxygen atoms in total. The summed E-state index contributed by atoms with van der Waals surface area (Å²) in [4.78, 5) is 0. The highest BCUT2D eigenvalue weighted by atomic mass is 32.1. The Balaban J connectivity index is 2.82. The highest BCUT2D eigenvalue weighted by Crippen LogP contribution is 2.18. The molecule has 1 N–H and O–H groups in total. The summed E-state index contributed by atoms with van der Waals surface area (Å²) in [7, 11) is 0. The summed E-state index contributed by atoms with van der Waals surface area (Å²) in [6.45, 7) is 1.65. The van der Waals surface area contributed by atoms with Gasteiger partial charge in [-0.15, -0.1) is 10.2 Å². The van der Waals surface area contributed by atoms with Crippen LogP contribution in [0.5, 0.6) is 0 Å². The van der Waals surface area contributed by atoms with E-state index in [0.717, 1.165) is 0 Å². The SMILES string of the molecule is C[C@H](C#N)c1nnc(CO)s1. The summed E-state index contributed by atoms with van der Waals surface area (Å²) in [5.74, 6) is -0.229. The van der Waals surface area contributed by atoms with Gasteiger partial charge in [0, 0.05) is 0 Å². The largest absolute Gasteiger partial charge is 0.389 e.